The van der Waals surface area contributed by atoms with Gasteiger partial charge in [0.25, 0.3) is 5.56 Å². The van der Waals surface area contributed by atoms with Crippen LogP contribution in [0.1, 0.15) is 25.3 Å². The molecule has 0 radical (unpaired) electrons. The minimum atomic E-state index is -0.686. The van der Waals surface area contributed by atoms with Gasteiger partial charge in [-0.15, -0.1) is 0 Å². The molecule has 0 bridgehead atoms. The molecule has 6 nitrogen and oxygen atoms in total. The van der Waals surface area contributed by atoms with Gasteiger partial charge in [-0.05, 0) is 37.3 Å². The quantitative estimate of drug-likeness (QED) is 0.821. The Morgan fingerprint density at radius 2 is 2.25 bits per heavy atom. The number of H-pyrrole nitrogens is 1. The Balaban J connectivity index is 1.55. The molecule has 1 aliphatic rings. The molecule has 128 valence electrons. The predicted octanol–water partition coefficient (Wildman–Crippen LogP) is 2.16. The molecule has 0 aliphatic carbocycles. The number of aromatic amines is 1. The molecule has 0 amide bonds. The van der Waals surface area contributed by atoms with Crippen molar-refractivity contribution in [3.63, 3.8) is 0 Å². The van der Waals surface area contributed by atoms with Crippen molar-refractivity contribution >= 4 is 16.9 Å². The fraction of sp³-hybridized carbons (Fsp3) is 0.444. The largest absolute Gasteiger partial charge is 0.459 e. The molecule has 1 saturated heterocycles. The number of carbonyl (C=O) groups is 1. The van der Waals surface area contributed by atoms with Gasteiger partial charge in [-0.1, -0.05) is 18.2 Å². The SMILES string of the molecule is CC(OCC1CCCO1)C(=O)OCc1cc2ccccc2[nH]c1=O. The minimum absolute atomic E-state index is 0.0589. The molecule has 2 aromatic rings. The van der Waals surface area contributed by atoms with E-state index >= 15 is 0 Å². The number of esters is 1. The maximum atomic E-state index is 12.0. The lowest BCUT2D eigenvalue weighted by Crippen LogP contribution is -2.28. The lowest BCUT2D eigenvalue weighted by molar-refractivity contribution is -0.159. The lowest BCUT2D eigenvalue weighted by atomic mass is 10.1. The Hall–Kier alpha value is -2.18. The topological polar surface area (TPSA) is 77.6 Å². The van der Waals surface area contributed by atoms with Gasteiger partial charge in [0, 0.05) is 12.1 Å². The van der Waals surface area contributed by atoms with Gasteiger partial charge in [-0.3, -0.25) is 4.79 Å². The zero-order chi connectivity index (χ0) is 16.9. The van der Waals surface area contributed by atoms with Crippen LogP contribution in [0.2, 0.25) is 0 Å². The van der Waals surface area contributed by atoms with Crippen molar-refractivity contribution in [2.45, 2.75) is 38.6 Å². The number of benzene rings is 1. The average molecular weight is 331 g/mol. The number of aromatic nitrogens is 1. The predicted molar refractivity (Wildman–Crippen MR) is 88.8 cm³/mol. The van der Waals surface area contributed by atoms with Crippen LogP contribution in [0.15, 0.2) is 35.1 Å². The van der Waals surface area contributed by atoms with E-state index in [4.69, 9.17) is 14.2 Å². The number of hydrogen-bond acceptors (Lipinski definition) is 5. The summed E-state index contributed by atoms with van der Waals surface area (Å²) in [5, 5.41) is 0.894. The van der Waals surface area contributed by atoms with Crippen molar-refractivity contribution < 1.29 is 19.0 Å². The highest BCUT2D eigenvalue weighted by molar-refractivity contribution is 5.79. The molecule has 1 aromatic heterocycles. The second-order valence-corrected chi connectivity index (χ2v) is 5.93. The molecule has 1 N–H and O–H groups in total. The van der Waals surface area contributed by atoms with Crippen molar-refractivity contribution in [1.82, 2.24) is 4.98 Å². The highest BCUT2D eigenvalue weighted by Crippen LogP contribution is 2.14. The summed E-state index contributed by atoms with van der Waals surface area (Å²) in [6.45, 7) is 2.69. The number of ether oxygens (including phenoxy) is 3. The molecule has 0 saturated carbocycles. The van der Waals surface area contributed by atoms with Crippen LogP contribution in [0, 0.1) is 0 Å². The van der Waals surface area contributed by atoms with Crippen LogP contribution in [0.25, 0.3) is 10.9 Å². The van der Waals surface area contributed by atoms with Gasteiger partial charge in [-0.25, -0.2) is 4.79 Å². The van der Waals surface area contributed by atoms with Gasteiger partial charge < -0.3 is 19.2 Å². The van der Waals surface area contributed by atoms with Crippen LogP contribution in [0.3, 0.4) is 0 Å². The van der Waals surface area contributed by atoms with Gasteiger partial charge in [0.15, 0.2) is 6.10 Å². The summed E-state index contributed by atoms with van der Waals surface area (Å²) >= 11 is 0. The fourth-order valence-electron chi connectivity index (χ4n) is 2.66. The number of fused-ring (bicyclic) bond motifs is 1. The summed E-state index contributed by atoms with van der Waals surface area (Å²) in [6, 6.07) is 9.19. The third kappa shape index (κ3) is 4.01. The fourth-order valence-corrected chi connectivity index (χ4v) is 2.66. The number of hydrogen-bond donors (Lipinski definition) is 1. The van der Waals surface area contributed by atoms with Crippen molar-refractivity contribution in [1.29, 1.82) is 0 Å². The normalized spacial score (nSPS) is 18.6. The van der Waals surface area contributed by atoms with Crippen molar-refractivity contribution in [3.8, 4) is 0 Å². The van der Waals surface area contributed by atoms with Crippen molar-refractivity contribution in [2.75, 3.05) is 13.2 Å². The van der Waals surface area contributed by atoms with E-state index in [0.29, 0.717) is 12.2 Å². The summed E-state index contributed by atoms with van der Waals surface area (Å²) in [5.74, 6) is -0.486. The molecule has 1 aromatic carbocycles. The second kappa shape index (κ2) is 7.59. The molecule has 2 heterocycles. The van der Waals surface area contributed by atoms with Crippen LogP contribution in [-0.2, 0) is 25.6 Å². The molecule has 3 rings (SSSR count). The van der Waals surface area contributed by atoms with E-state index in [2.05, 4.69) is 4.98 Å². The Kier molecular flexibility index (Phi) is 5.27. The molecule has 0 spiro atoms. The van der Waals surface area contributed by atoms with E-state index in [0.717, 1.165) is 30.4 Å². The Morgan fingerprint density at radius 3 is 3.04 bits per heavy atom. The smallest absolute Gasteiger partial charge is 0.335 e. The molecule has 1 fully saturated rings. The molecule has 2 atom stereocenters. The lowest BCUT2D eigenvalue weighted by Gasteiger charge is -2.15. The van der Waals surface area contributed by atoms with Crippen LogP contribution in [0.5, 0.6) is 0 Å². The molecular weight excluding hydrogens is 310 g/mol. The Labute approximate surface area is 139 Å². The van der Waals surface area contributed by atoms with Crippen LogP contribution < -0.4 is 5.56 Å². The van der Waals surface area contributed by atoms with E-state index in [9.17, 15) is 9.59 Å². The van der Waals surface area contributed by atoms with Crippen LogP contribution in [0.4, 0.5) is 0 Å². The summed E-state index contributed by atoms with van der Waals surface area (Å²) < 4.78 is 16.1. The third-order valence-electron chi connectivity index (χ3n) is 4.09. The zero-order valence-electron chi connectivity index (χ0n) is 13.6. The average Bonchev–Trinajstić information content (AvgIpc) is 3.11. The van der Waals surface area contributed by atoms with Crippen LogP contribution in [-0.4, -0.2) is 36.4 Å². The van der Waals surface area contributed by atoms with Crippen molar-refractivity contribution in [3.05, 3.63) is 46.2 Å². The first-order valence-corrected chi connectivity index (χ1v) is 8.14. The number of carbonyl (C=O) groups excluding carboxylic acids is 1. The molecular formula is C18H21NO5. The van der Waals surface area contributed by atoms with Crippen LogP contribution >= 0.6 is 0 Å². The summed E-state index contributed by atoms with van der Waals surface area (Å²) in [6.07, 6.45) is 1.35. The third-order valence-corrected chi connectivity index (χ3v) is 4.09. The van der Waals surface area contributed by atoms with E-state index in [-0.39, 0.29) is 18.3 Å². The van der Waals surface area contributed by atoms with E-state index in [1.165, 1.54) is 0 Å². The number of rotatable bonds is 6. The van der Waals surface area contributed by atoms with E-state index < -0.39 is 12.1 Å². The van der Waals surface area contributed by atoms with E-state index in [1.807, 2.05) is 24.3 Å². The number of nitrogens with one attached hydrogen (secondary N) is 1. The first-order valence-electron chi connectivity index (χ1n) is 8.14. The molecule has 6 heteroatoms. The van der Waals surface area contributed by atoms with Gasteiger partial charge in [0.1, 0.15) is 6.61 Å². The first-order chi connectivity index (χ1) is 11.6. The Morgan fingerprint density at radius 1 is 1.42 bits per heavy atom. The van der Waals surface area contributed by atoms with Crippen molar-refractivity contribution in [2.24, 2.45) is 0 Å². The summed E-state index contributed by atoms with van der Waals surface area (Å²) in [7, 11) is 0. The van der Waals surface area contributed by atoms with E-state index in [1.54, 1.807) is 13.0 Å². The molecule has 1 aliphatic heterocycles. The standard InChI is InChI=1S/C18H21NO5/c1-12(23-11-15-6-4-8-22-15)18(21)24-10-14-9-13-5-2-3-7-16(13)19-17(14)20/h2-3,5,7,9,12,15H,4,6,8,10-11H2,1H3,(H,19,20). The minimum Gasteiger partial charge on any atom is -0.459 e. The Bertz CT molecular complexity index is 763. The van der Waals surface area contributed by atoms with Gasteiger partial charge in [0.2, 0.25) is 0 Å². The maximum Gasteiger partial charge on any atom is 0.335 e. The first kappa shape index (κ1) is 16.7. The second-order valence-electron chi connectivity index (χ2n) is 5.93. The number of pyridine rings is 1. The summed E-state index contributed by atoms with van der Waals surface area (Å²) in [5.41, 5.74) is 0.911. The molecule has 24 heavy (non-hydrogen) atoms. The van der Waals surface area contributed by atoms with Gasteiger partial charge in [-0.2, -0.15) is 0 Å². The highest BCUT2D eigenvalue weighted by atomic mass is 16.6. The maximum absolute atomic E-state index is 12.0. The summed E-state index contributed by atoms with van der Waals surface area (Å²) in [4.78, 5) is 26.8. The van der Waals surface area contributed by atoms with Gasteiger partial charge in [0.05, 0.1) is 18.3 Å². The highest BCUT2D eigenvalue weighted by Gasteiger charge is 2.21. The number of para-hydroxylation sites is 1. The monoisotopic (exact) mass is 331 g/mol. The zero-order valence-corrected chi connectivity index (χ0v) is 13.6. The van der Waals surface area contributed by atoms with Gasteiger partial charge >= 0.3 is 5.97 Å². The molecule has 2 unspecified atom stereocenters.